The lowest BCUT2D eigenvalue weighted by Gasteiger charge is -2.06. The van der Waals surface area contributed by atoms with Crippen LogP contribution in [0.5, 0.6) is 51.7 Å². The standard InChI is InChI=1S/C9H10O4.C8H8O4.C8H8O3.C7H6O5.C7H6O3/c1-5-3-6(9(11)12)4-7(13-2)8(5)10;1-12-7-4-5(8(10)11)2-3-6(7)9;1-5-4-6(8(10)11)2-3-7(5)9;8-4-1-3(7(11)12)2-5(9)6(4)10;8-6-3-1-5(2-4-6)7(9)10/h3-4,10H,1-2H3,(H,11,12);2-4,9H,1H3,(H,10,11);2-4,9H,1H3,(H,10,11);1-2,8-10H,(H,11,12);1-4,8H,(H,9,10). The van der Waals surface area contributed by atoms with E-state index in [1.54, 1.807) is 13.8 Å². The minimum Gasteiger partial charge on any atom is -0.508 e. The number of aryl methyl sites for hydroxylation is 2. The van der Waals surface area contributed by atoms with Crippen molar-refractivity contribution in [3.05, 3.63) is 124 Å². The summed E-state index contributed by atoms with van der Waals surface area (Å²) >= 11 is 0. The van der Waals surface area contributed by atoms with E-state index >= 15 is 0 Å². The molecule has 0 fully saturated rings. The molecule has 19 heteroatoms. The molecular formula is C39H38O19. The second-order valence-corrected chi connectivity index (χ2v) is 11.2. The number of hydrogen-bond acceptors (Lipinski definition) is 14. The number of carbonyl (C=O) groups is 5. The average Bonchev–Trinajstić information content (AvgIpc) is 3.16. The van der Waals surface area contributed by atoms with Crippen molar-refractivity contribution in [3.63, 3.8) is 0 Å². The van der Waals surface area contributed by atoms with Crippen molar-refractivity contribution in [2.45, 2.75) is 13.8 Å². The van der Waals surface area contributed by atoms with E-state index in [4.69, 9.17) is 65.6 Å². The maximum absolute atomic E-state index is 10.6. The SMILES string of the molecule is COc1cc(C(=O)O)cc(C)c1O.COc1cc(C(=O)O)ccc1O.Cc1cc(C(=O)O)ccc1O.O=C(O)c1cc(O)c(O)c(O)c1.O=C(O)c1ccc(O)cc1. The maximum Gasteiger partial charge on any atom is 0.335 e. The Morgan fingerprint density at radius 3 is 1.16 bits per heavy atom. The fraction of sp³-hybridized carbons (Fsp3) is 0.103. The summed E-state index contributed by atoms with van der Waals surface area (Å²) in [5, 5.41) is 105. The van der Waals surface area contributed by atoms with Crippen LogP contribution in [-0.2, 0) is 0 Å². The molecule has 19 nitrogen and oxygen atoms in total. The van der Waals surface area contributed by atoms with Gasteiger partial charge in [0, 0.05) is 0 Å². The predicted octanol–water partition coefficient (Wildman–Crippen LogP) is 5.50. The van der Waals surface area contributed by atoms with Gasteiger partial charge in [-0.3, -0.25) is 0 Å². The zero-order chi connectivity index (χ0) is 44.4. The molecule has 0 amide bonds. The van der Waals surface area contributed by atoms with Gasteiger partial charge in [-0.25, -0.2) is 24.0 Å². The van der Waals surface area contributed by atoms with E-state index in [9.17, 15) is 29.1 Å². The number of benzene rings is 5. The van der Waals surface area contributed by atoms with Crippen LogP contribution in [0.25, 0.3) is 0 Å². The Morgan fingerprint density at radius 1 is 0.379 bits per heavy atom. The zero-order valence-corrected chi connectivity index (χ0v) is 30.8. The quantitative estimate of drug-likeness (QED) is 0.0903. The van der Waals surface area contributed by atoms with Crippen LogP contribution in [-0.4, -0.2) is 105 Å². The van der Waals surface area contributed by atoms with Crippen LogP contribution in [0.3, 0.4) is 0 Å². The highest BCUT2D eigenvalue weighted by atomic mass is 16.5. The van der Waals surface area contributed by atoms with Crippen molar-refractivity contribution in [2.75, 3.05) is 14.2 Å². The first-order valence-electron chi connectivity index (χ1n) is 15.8. The lowest BCUT2D eigenvalue weighted by Crippen LogP contribution is -1.98. The molecule has 5 rings (SSSR count). The number of methoxy groups -OCH3 is 2. The summed E-state index contributed by atoms with van der Waals surface area (Å²) in [6.45, 7) is 3.27. The smallest absolute Gasteiger partial charge is 0.335 e. The highest BCUT2D eigenvalue weighted by molar-refractivity contribution is 5.90. The summed E-state index contributed by atoms with van der Waals surface area (Å²) in [7, 11) is 2.74. The molecule has 0 aliphatic carbocycles. The molecule has 58 heavy (non-hydrogen) atoms. The van der Waals surface area contributed by atoms with E-state index in [2.05, 4.69) is 0 Å². The Labute approximate surface area is 328 Å². The molecule has 0 heterocycles. The fourth-order valence-electron chi connectivity index (χ4n) is 3.96. The van der Waals surface area contributed by atoms with Crippen molar-refractivity contribution in [1.29, 1.82) is 0 Å². The van der Waals surface area contributed by atoms with Gasteiger partial charge in [0.15, 0.2) is 40.2 Å². The van der Waals surface area contributed by atoms with Crippen molar-refractivity contribution >= 4 is 29.8 Å². The molecule has 5 aromatic carbocycles. The number of carboxylic acids is 5. The first-order chi connectivity index (χ1) is 27.0. The number of rotatable bonds is 7. The highest BCUT2D eigenvalue weighted by Crippen LogP contribution is 2.35. The molecule has 0 aliphatic rings. The lowest BCUT2D eigenvalue weighted by atomic mass is 10.1. The van der Waals surface area contributed by atoms with Gasteiger partial charge in [0.2, 0.25) is 0 Å². The number of phenolic OH excluding ortho intramolecular Hbond substituents is 7. The van der Waals surface area contributed by atoms with Gasteiger partial charge in [-0.1, -0.05) is 0 Å². The summed E-state index contributed by atoms with van der Waals surface area (Å²) in [6, 6.07) is 17.7. The topological polar surface area (TPSA) is 347 Å². The van der Waals surface area contributed by atoms with Crippen molar-refractivity contribution in [1.82, 2.24) is 0 Å². The molecular weight excluding hydrogens is 772 g/mol. The molecule has 0 bridgehead atoms. The number of carboxylic acid groups (broad SMARTS) is 5. The van der Waals surface area contributed by atoms with E-state index in [0.29, 0.717) is 11.1 Å². The number of hydrogen-bond donors (Lipinski definition) is 12. The van der Waals surface area contributed by atoms with Gasteiger partial charge in [-0.2, -0.15) is 0 Å². The monoisotopic (exact) mass is 810 g/mol. The second kappa shape index (κ2) is 22.1. The average molecular weight is 811 g/mol. The van der Waals surface area contributed by atoms with Gasteiger partial charge in [0.25, 0.3) is 0 Å². The molecule has 5 aromatic rings. The second-order valence-electron chi connectivity index (χ2n) is 11.2. The van der Waals surface area contributed by atoms with E-state index in [1.807, 2.05) is 0 Å². The molecule has 0 unspecified atom stereocenters. The van der Waals surface area contributed by atoms with Gasteiger partial charge in [0.05, 0.1) is 42.0 Å². The summed E-state index contributed by atoms with van der Waals surface area (Å²) in [5.41, 5.74) is 1.33. The largest absolute Gasteiger partial charge is 0.508 e. The van der Waals surface area contributed by atoms with E-state index < -0.39 is 47.1 Å². The number of ether oxygens (including phenoxy) is 2. The third-order valence-electron chi connectivity index (χ3n) is 7.03. The van der Waals surface area contributed by atoms with Crippen LogP contribution < -0.4 is 9.47 Å². The Morgan fingerprint density at radius 2 is 0.741 bits per heavy atom. The first kappa shape index (κ1) is 47.7. The Bertz CT molecular complexity index is 2220. The first-order valence-corrected chi connectivity index (χ1v) is 15.8. The van der Waals surface area contributed by atoms with Crippen LogP contribution in [0.4, 0.5) is 0 Å². The molecule has 0 saturated heterocycles. The fourth-order valence-corrected chi connectivity index (χ4v) is 3.96. The molecule has 0 spiro atoms. The Balaban J connectivity index is 0.000000363. The normalized spacial score (nSPS) is 9.52. The number of phenols is 7. The molecule has 0 aromatic heterocycles. The molecule has 0 radical (unpaired) electrons. The third kappa shape index (κ3) is 14.8. The highest BCUT2D eigenvalue weighted by Gasteiger charge is 2.13. The molecule has 308 valence electrons. The predicted molar refractivity (Wildman–Crippen MR) is 201 cm³/mol. The van der Waals surface area contributed by atoms with Crippen LogP contribution in [0.15, 0.2) is 84.9 Å². The van der Waals surface area contributed by atoms with E-state index in [-0.39, 0.29) is 62.3 Å². The summed E-state index contributed by atoms with van der Waals surface area (Å²) in [6.07, 6.45) is 0. The van der Waals surface area contributed by atoms with Crippen LogP contribution in [0.1, 0.15) is 62.9 Å². The van der Waals surface area contributed by atoms with Gasteiger partial charge < -0.3 is 70.8 Å². The summed E-state index contributed by atoms with van der Waals surface area (Å²) < 4.78 is 9.53. The van der Waals surface area contributed by atoms with Crippen molar-refractivity contribution in [3.8, 4) is 51.7 Å². The van der Waals surface area contributed by atoms with Crippen LogP contribution in [0, 0.1) is 13.8 Å². The van der Waals surface area contributed by atoms with Crippen LogP contribution in [0.2, 0.25) is 0 Å². The summed E-state index contributed by atoms with van der Waals surface area (Å²) in [4.78, 5) is 52.0. The minimum atomic E-state index is -1.29. The van der Waals surface area contributed by atoms with Gasteiger partial charge in [0.1, 0.15) is 11.5 Å². The zero-order valence-electron chi connectivity index (χ0n) is 30.8. The summed E-state index contributed by atoms with van der Waals surface area (Å²) in [5.74, 6) is -6.94. The Kier molecular flexibility index (Phi) is 18.2. The Hall–Kier alpha value is -8.35. The number of aromatic carboxylic acids is 5. The van der Waals surface area contributed by atoms with Crippen LogP contribution >= 0.6 is 0 Å². The molecule has 12 N–H and O–H groups in total. The number of aromatic hydroxyl groups is 7. The van der Waals surface area contributed by atoms with Crippen molar-refractivity contribution in [2.24, 2.45) is 0 Å². The van der Waals surface area contributed by atoms with Gasteiger partial charge in [-0.05, 0) is 110 Å². The van der Waals surface area contributed by atoms with Crippen molar-refractivity contribution < 1.29 is 94.7 Å². The van der Waals surface area contributed by atoms with E-state index in [0.717, 1.165) is 12.1 Å². The minimum absolute atomic E-state index is 0.0208. The maximum atomic E-state index is 10.6. The molecule has 0 atom stereocenters. The van der Waals surface area contributed by atoms with Gasteiger partial charge >= 0.3 is 29.8 Å². The lowest BCUT2D eigenvalue weighted by molar-refractivity contribution is 0.0685. The third-order valence-corrected chi connectivity index (χ3v) is 7.03. The molecule has 0 aliphatic heterocycles. The van der Waals surface area contributed by atoms with E-state index in [1.165, 1.54) is 87.0 Å². The van der Waals surface area contributed by atoms with Gasteiger partial charge in [-0.15, -0.1) is 0 Å². The molecule has 0 saturated carbocycles.